The van der Waals surface area contributed by atoms with Crippen LogP contribution in [0.3, 0.4) is 0 Å². The molecular weight excluding hydrogens is 446 g/mol. The summed E-state index contributed by atoms with van der Waals surface area (Å²) in [5, 5.41) is 21.1. The van der Waals surface area contributed by atoms with Crippen LogP contribution >= 0.6 is 0 Å². The largest absolute Gasteiger partial charge is 0.493 e. The van der Waals surface area contributed by atoms with Crippen molar-refractivity contribution in [1.82, 2.24) is 4.68 Å². The summed E-state index contributed by atoms with van der Waals surface area (Å²) < 4.78 is 13.7. The number of carboxylic acid groups (broad SMARTS) is 1. The monoisotopic (exact) mass is 475 g/mol. The highest BCUT2D eigenvalue weighted by Crippen LogP contribution is 2.73. The average molecular weight is 476 g/mol. The van der Waals surface area contributed by atoms with Crippen LogP contribution in [-0.4, -0.2) is 35.0 Å². The molecule has 35 heavy (non-hydrogen) atoms. The van der Waals surface area contributed by atoms with E-state index in [0.717, 1.165) is 54.5 Å². The van der Waals surface area contributed by atoms with Crippen molar-refractivity contribution in [3.05, 3.63) is 51.3 Å². The first-order valence-electron chi connectivity index (χ1n) is 12.1. The highest BCUT2D eigenvalue weighted by molar-refractivity contribution is 5.88. The molecule has 7 rings (SSSR count). The Hall–Kier alpha value is -3.31. The van der Waals surface area contributed by atoms with Gasteiger partial charge in [0.2, 0.25) is 0 Å². The van der Waals surface area contributed by atoms with Gasteiger partial charge in [0.25, 0.3) is 0 Å². The third-order valence-corrected chi connectivity index (χ3v) is 8.52. The van der Waals surface area contributed by atoms with E-state index in [0.29, 0.717) is 18.9 Å². The fraction of sp³-hybridized carbons (Fsp3) is 0.519. The van der Waals surface area contributed by atoms with Crippen molar-refractivity contribution in [2.24, 2.45) is 10.8 Å². The summed E-state index contributed by atoms with van der Waals surface area (Å²) in [6, 6.07) is 8.04. The van der Waals surface area contributed by atoms with Crippen LogP contribution in [0.2, 0.25) is 0 Å². The summed E-state index contributed by atoms with van der Waals surface area (Å²) in [5.41, 5.74) is 2.61. The van der Waals surface area contributed by atoms with Crippen molar-refractivity contribution < 1.29 is 19.4 Å². The average Bonchev–Trinajstić information content (AvgIpc) is 3.07. The quantitative estimate of drug-likeness (QED) is 0.673. The Morgan fingerprint density at radius 2 is 2.00 bits per heavy atom. The molecule has 0 spiro atoms. The number of benzene rings is 1. The second-order valence-electron chi connectivity index (χ2n) is 11.5. The lowest BCUT2D eigenvalue weighted by Crippen LogP contribution is -2.63. The van der Waals surface area contributed by atoms with Gasteiger partial charge < -0.3 is 14.6 Å². The number of nitriles is 1. The molecule has 1 aromatic heterocycles. The van der Waals surface area contributed by atoms with Gasteiger partial charge in [-0.25, -0.2) is 4.79 Å². The minimum atomic E-state index is -1.22. The number of nitrogens with zero attached hydrogens (tertiary/aromatic N) is 3. The van der Waals surface area contributed by atoms with E-state index in [1.54, 1.807) is 7.11 Å². The molecule has 1 atom stereocenters. The molecule has 4 fully saturated rings. The minimum Gasteiger partial charge on any atom is -0.493 e. The number of hydrogen-bond acceptors (Lipinski definition) is 6. The lowest BCUT2D eigenvalue weighted by molar-refractivity contribution is -0.182. The van der Waals surface area contributed by atoms with Crippen LogP contribution in [0.25, 0.3) is 11.3 Å². The molecule has 0 unspecified atom stereocenters. The van der Waals surface area contributed by atoms with Crippen molar-refractivity contribution in [2.45, 2.75) is 64.1 Å². The van der Waals surface area contributed by atoms with Gasteiger partial charge >= 0.3 is 5.97 Å². The SMILES string of the molecule is COCc1cc2c(cc1OCC13CC(C#N)(C1)C3)[C@H]1CCC(C)(C)N1n1cc(C(=O)O)c(=O)cc1-2. The smallest absolute Gasteiger partial charge is 0.341 e. The zero-order valence-electron chi connectivity index (χ0n) is 20.3. The van der Waals surface area contributed by atoms with Gasteiger partial charge in [0.15, 0.2) is 5.43 Å². The Labute approximate surface area is 203 Å². The molecule has 8 heteroatoms. The third kappa shape index (κ3) is 3.07. The molecule has 2 aromatic rings. The highest BCUT2D eigenvalue weighted by atomic mass is 16.5. The lowest BCUT2D eigenvalue weighted by atomic mass is 9.36. The lowest BCUT2D eigenvalue weighted by Gasteiger charge is -2.66. The van der Waals surface area contributed by atoms with Gasteiger partial charge in [0.05, 0.1) is 42.0 Å². The number of aromatic nitrogens is 1. The standard InChI is InChI=1S/C27H29N3O5/c1-25(2)5-4-20-18-7-23(35-15-27-11-26(12-27,13-27)14-28)16(10-34-3)6-17(18)21-8-22(31)19(24(32)33)9-29(21)30(20)25/h6-9,20H,4-5,10-13,15H2,1-3H3,(H,32,33)/t20-,26?,27?/m1/s1. The molecule has 3 heterocycles. The molecule has 8 nitrogen and oxygen atoms in total. The molecule has 0 radical (unpaired) electrons. The minimum absolute atomic E-state index is 0.0346. The molecule has 0 amide bonds. The summed E-state index contributed by atoms with van der Waals surface area (Å²) in [5.74, 6) is -0.441. The maximum absolute atomic E-state index is 12.7. The van der Waals surface area contributed by atoms with Crippen LogP contribution in [0, 0.1) is 22.2 Å². The predicted molar refractivity (Wildman–Crippen MR) is 128 cm³/mol. The molecular formula is C27H29N3O5. The summed E-state index contributed by atoms with van der Waals surface area (Å²) in [4.78, 5) is 24.4. The van der Waals surface area contributed by atoms with E-state index in [1.165, 1.54) is 12.3 Å². The first-order chi connectivity index (χ1) is 16.6. The van der Waals surface area contributed by atoms with Gasteiger partial charge in [0.1, 0.15) is 11.3 Å². The van der Waals surface area contributed by atoms with Crippen molar-refractivity contribution in [2.75, 3.05) is 18.7 Å². The van der Waals surface area contributed by atoms with Crippen molar-refractivity contribution in [1.29, 1.82) is 5.26 Å². The fourth-order valence-corrected chi connectivity index (χ4v) is 6.98. The van der Waals surface area contributed by atoms with Gasteiger partial charge in [-0.05, 0) is 63.6 Å². The number of carboxylic acids is 1. The van der Waals surface area contributed by atoms with Crippen LogP contribution in [0.5, 0.6) is 5.75 Å². The summed E-state index contributed by atoms with van der Waals surface area (Å²) in [7, 11) is 1.64. The second-order valence-corrected chi connectivity index (χ2v) is 11.5. The van der Waals surface area contributed by atoms with Crippen LogP contribution in [0.15, 0.2) is 29.2 Å². The van der Waals surface area contributed by atoms with E-state index in [9.17, 15) is 20.0 Å². The molecule has 1 N–H and O–H groups in total. The van der Waals surface area contributed by atoms with E-state index < -0.39 is 11.4 Å². The second kappa shape index (κ2) is 7.11. The molecule has 3 saturated carbocycles. The first-order valence-corrected chi connectivity index (χ1v) is 12.1. The molecule has 2 bridgehead atoms. The van der Waals surface area contributed by atoms with Gasteiger partial charge in [-0.15, -0.1) is 0 Å². The zero-order chi connectivity index (χ0) is 24.8. The molecule has 182 valence electrons. The molecule has 5 aliphatic rings. The predicted octanol–water partition coefficient (Wildman–Crippen LogP) is 4.00. The summed E-state index contributed by atoms with van der Waals surface area (Å²) in [6.07, 6.45) is 6.04. The van der Waals surface area contributed by atoms with Crippen molar-refractivity contribution >= 4 is 5.97 Å². The summed E-state index contributed by atoms with van der Waals surface area (Å²) >= 11 is 0. The Balaban J connectivity index is 1.45. The maximum Gasteiger partial charge on any atom is 0.341 e. The topological polar surface area (TPSA) is 105 Å². The Morgan fingerprint density at radius 1 is 1.26 bits per heavy atom. The number of carbonyl (C=O) groups is 1. The van der Waals surface area contributed by atoms with Crippen molar-refractivity contribution in [3.8, 4) is 23.1 Å². The number of rotatable bonds is 6. The van der Waals surface area contributed by atoms with Gasteiger partial charge in [0, 0.05) is 35.9 Å². The molecule has 2 aliphatic heterocycles. The Morgan fingerprint density at radius 3 is 2.66 bits per heavy atom. The van der Waals surface area contributed by atoms with Gasteiger partial charge in [-0.3, -0.25) is 14.5 Å². The molecule has 3 aliphatic carbocycles. The van der Waals surface area contributed by atoms with E-state index in [2.05, 4.69) is 31.0 Å². The van der Waals surface area contributed by atoms with Crippen molar-refractivity contribution in [3.63, 3.8) is 0 Å². The number of hydrogen-bond donors (Lipinski definition) is 1. The highest BCUT2D eigenvalue weighted by Gasteiger charge is 2.68. The number of fused-ring (bicyclic) bond motifs is 6. The van der Waals surface area contributed by atoms with Gasteiger partial charge in [-0.2, -0.15) is 5.26 Å². The third-order valence-electron chi connectivity index (χ3n) is 8.52. The molecule has 1 saturated heterocycles. The fourth-order valence-electron chi connectivity index (χ4n) is 6.98. The van der Waals surface area contributed by atoms with Crippen LogP contribution in [0.1, 0.15) is 73.5 Å². The molecule has 1 aromatic carbocycles. The zero-order valence-corrected chi connectivity index (χ0v) is 20.3. The van der Waals surface area contributed by atoms with Crippen LogP contribution in [0.4, 0.5) is 0 Å². The first kappa shape index (κ1) is 22.2. The number of aromatic carboxylic acids is 1. The summed E-state index contributed by atoms with van der Waals surface area (Å²) in [6.45, 7) is 5.23. The maximum atomic E-state index is 12.7. The number of ether oxygens (including phenoxy) is 2. The van der Waals surface area contributed by atoms with E-state index >= 15 is 0 Å². The van der Waals surface area contributed by atoms with Crippen LogP contribution in [-0.2, 0) is 11.3 Å². The van der Waals surface area contributed by atoms with E-state index in [1.807, 2.05) is 10.7 Å². The number of methoxy groups -OCH3 is 1. The number of pyridine rings is 1. The van der Waals surface area contributed by atoms with E-state index in [4.69, 9.17) is 9.47 Å². The van der Waals surface area contributed by atoms with E-state index in [-0.39, 0.29) is 28.0 Å². The Kier molecular flexibility index (Phi) is 4.50. The normalized spacial score (nSPS) is 28.6. The van der Waals surface area contributed by atoms with Crippen LogP contribution < -0.4 is 15.2 Å². The Bertz CT molecular complexity index is 1350. The van der Waals surface area contributed by atoms with Gasteiger partial charge in [-0.1, -0.05) is 0 Å².